The predicted octanol–water partition coefficient (Wildman–Crippen LogP) is -3.26. The van der Waals surface area contributed by atoms with Crippen LogP contribution in [0, 0.1) is 5.92 Å². The standard InChI is InChI=1S/C23H47N11O5/c1-13(2)17(20(37)33-16(21(38)39)9-6-12-31-23(28)29)34-19(36)15(8-5-11-30-22(26)27)32-18(35)14(25)7-3-4-10-24/h13-17H,3-12,24-25H2,1-2H3,(H,32,35)(H,33,37)(H,34,36)(H,38,39)(H4,26,27,30)(H4,28,29,31). The van der Waals surface area contributed by atoms with E-state index < -0.39 is 53.8 Å². The number of unbranched alkanes of at least 4 members (excludes halogenated alkanes) is 1. The molecule has 0 fully saturated rings. The molecule has 0 aliphatic heterocycles. The number of guanidine groups is 2. The maximum atomic E-state index is 13.2. The average molecular weight is 558 g/mol. The van der Waals surface area contributed by atoms with Crippen LogP contribution in [0.1, 0.15) is 58.8 Å². The van der Waals surface area contributed by atoms with Crippen molar-refractivity contribution in [1.29, 1.82) is 0 Å². The first-order valence-electron chi connectivity index (χ1n) is 13.0. The van der Waals surface area contributed by atoms with Crippen LogP contribution in [0.2, 0.25) is 0 Å². The normalized spacial score (nSPS) is 13.9. The molecule has 0 bridgehead atoms. The van der Waals surface area contributed by atoms with E-state index in [2.05, 4.69) is 25.9 Å². The number of carboxylic acid groups (broad SMARTS) is 1. The third kappa shape index (κ3) is 16.0. The van der Waals surface area contributed by atoms with Gasteiger partial charge >= 0.3 is 5.97 Å². The zero-order valence-corrected chi connectivity index (χ0v) is 22.9. The quantitative estimate of drug-likeness (QED) is 0.0402. The van der Waals surface area contributed by atoms with Crippen LogP contribution in [0.4, 0.5) is 0 Å². The molecule has 16 nitrogen and oxygen atoms in total. The Morgan fingerprint density at radius 3 is 1.69 bits per heavy atom. The Morgan fingerprint density at radius 2 is 1.23 bits per heavy atom. The van der Waals surface area contributed by atoms with Gasteiger partial charge < -0.3 is 55.5 Å². The number of aliphatic carboxylic acids is 1. The first-order chi connectivity index (χ1) is 18.3. The Kier molecular flexibility index (Phi) is 17.6. The van der Waals surface area contributed by atoms with Crippen LogP contribution in [-0.4, -0.2) is 84.5 Å². The largest absolute Gasteiger partial charge is 0.480 e. The Bertz CT molecular complexity index is 842. The summed E-state index contributed by atoms with van der Waals surface area (Å²) < 4.78 is 0. The monoisotopic (exact) mass is 557 g/mol. The van der Waals surface area contributed by atoms with Crippen LogP contribution in [0.25, 0.3) is 0 Å². The molecule has 4 unspecified atom stereocenters. The summed E-state index contributed by atoms with van der Waals surface area (Å²) in [4.78, 5) is 58.2. The number of carbonyl (C=O) groups excluding carboxylic acids is 3. The highest BCUT2D eigenvalue weighted by Crippen LogP contribution is 2.08. The lowest BCUT2D eigenvalue weighted by atomic mass is 10.0. The molecule has 3 amide bonds. The molecular weight excluding hydrogens is 510 g/mol. The van der Waals surface area contributed by atoms with Crippen LogP contribution < -0.4 is 50.4 Å². The summed E-state index contributed by atoms with van der Waals surface area (Å²) in [6.45, 7) is 4.28. The van der Waals surface area contributed by atoms with Crippen molar-refractivity contribution in [3.8, 4) is 0 Å². The fourth-order valence-electron chi connectivity index (χ4n) is 3.50. The molecule has 224 valence electrons. The highest BCUT2D eigenvalue weighted by atomic mass is 16.4. The summed E-state index contributed by atoms with van der Waals surface area (Å²) >= 11 is 0. The Balaban J connectivity index is 5.47. The number of carbonyl (C=O) groups is 4. The third-order valence-electron chi connectivity index (χ3n) is 5.69. The number of nitrogens with one attached hydrogen (secondary N) is 3. The van der Waals surface area contributed by atoms with Crippen molar-refractivity contribution in [2.45, 2.75) is 83.0 Å². The second kappa shape index (κ2) is 19.4. The minimum atomic E-state index is -1.24. The van der Waals surface area contributed by atoms with Crippen molar-refractivity contribution in [3.05, 3.63) is 0 Å². The fourth-order valence-corrected chi connectivity index (χ4v) is 3.50. The van der Waals surface area contributed by atoms with Crippen molar-refractivity contribution in [2.75, 3.05) is 19.6 Å². The van der Waals surface area contributed by atoms with Crippen molar-refractivity contribution in [2.24, 2.45) is 50.3 Å². The summed E-state index contributed by atoms with van der Waals surface area (Å²) in [7, 11) is 0. The topological polar surface area (TPSA) is 305 Å². The SMILES string of the molecule is CC(C)C(NC(=O)C(CCCN=C(N)N)NC(=O)C(N)CCCCN)C(=O)NC(CCCN=C(N)N)C(=O)O. The molecule has 0 aliphatic carbocycles. The van der Waals surface area contributed by atoms with E-state index >= 15 is 0 Å². The van der Waals surface area contributed by atoms with Crippen LogP contribution in [0.3, 0.4) is 0 Å². The van der Waals surface area contributed by atoms with Crippen molar-refractivity contribution in [1.82, 2.24) is 16.0 Å². The number of nitrogens with two attached hydrogens (primary N) is 6. The molecule has 0 aromatic heterocycles. The average Bonchev–Trinajstić information content (AvgIpc) is 2.85. The molecule has 16 heteroatoms. The molecule has 0 saturated heterocycles. The summed E-state index contributed by atoms with van der Waals surface area (Å²) in [5, 5.41) is 17.3. The van der Waals surface area contributed by atoms with Crippen LogP contribution in [-0.2, 0) is 19.2 Å². The van der Waals surface area contributed by atoms with Gasteiger partial charge in [-0.05, 0) is 51.0 Å². The van der Waals surface area contributed by atoms with Gasteiger partial charge in [0, 0.05) is 13.1 Å². The van der Waals surface area contributed by atoms with Gasteiger partial charge in [-0.1, -0.05) is 20.3 Å². The van der Waals surface area contributed by atoms with Gasteiger partial charge in [-0.3, -0.25) is 24.4 Å². The van der Waals surface area contributed by atoms with Crippen LogP contribution in [0.15, 0.2) is 9.98 Å². The second-order valence-corrected chi connectivity index (χ2v) is 9.48. The molecule has 39 heavy (non-hydrogen) atoms. The van der Waals surface area contributed by atoms with Gasteiger partial charge in [0.05, 0.1) is 6.04 Å². The smallest absolute Gasteiger partial charge is 0.326 e. The number of aliphatic imine (C=N–C) groups is 2. The second-order valence-electron chi connectivity index (χ2n) is 9.48. The fraction of sp³-hybridized carbons (Fsp3) is 0.739. The zero-order chi connectivity index (χ0) is 30.0. The van der Waals surface area contributed by atoms with E-state index in [4.69, 9.17) is 34.4 Å². The van der Waals surface area contributed by atoms with Crippen molar-refractivity contribution in [3.63, 3.8) is 0 Å². The maximum Gasteiger partial charge on any atom is 0.326 e. The highest BCUT2D eigenvalue weighted by Gasteiger charge is 2.31. The molecule has 0 aromatic carbocycles. The third-order valence-corrected chi connectivity index (χ3v) is 5.69. The molecule has 0 saturated carbocycles. The Hall–Kier alpha value is -3.66. The van der Waals surface area contributed by atoms with Gasteiger partial charge in [0.15, 0.2) is 11.9 Å². The molecule has 0 spiro atoms. The van der Waals surface area contributed by atoms with E-state index in [0.29, 0.717) is 38.6 Å². The van der Waals surface area contributed by atoms with E-state index in [-0.39, 0.29) is 37.9 Å². The molecule has 16 N–H and O–H groups in total. The van der Waals surface area contributed by atoms with Crippen LogP contribution >= 0.6 is 0 Å². The molecule has 0 aliphatic rings. The van der Waals surface area contributed by atoms with Gasteiger partial charge in [0.1, 0.15) is 18.1 Å². The van der Waals surface area contributed by atoms with Gasteiger partial charge in [-0.15, -0.1) is 0 Å². The van der Waals surface area contributed by atoms with Gasteiger partial charge in [-0.2, -0.15) is 0 Å². The summed E-state index contributed by atoms with van der Waals surface area (Å²) in [6.07, 6.45) is 2.65. The van der Waals surface area contributed by atoms with Gasteiger partial charge in [-0.25, -0.2) is 4.79 Å². The zero-order valence-electron chi connectivity index (χ0n) is 22.9. The number of hydrogen-bond donors (Lipinski definition) is 10. The van der Waals surface area contributed by atoms with E-state index in [1.54, 1.807) is 13.8 Å². The number of nitrogens with zero attached hydrogens (tertiary/aromatic N) is 2. The molecular formula is C23H47N11O5. The lowest BCUT2D eigenvalue weighted by Crippen LogP contribution is -2.58. The number of rotatable bonds is 20. The molecule has 0 rings (SSSR count). The van der Waals surface area contributed by atoms with E-state index in [0.717, 1.165) is 0 Å². The first-order valence-corrected chi connectivity index (χ1v) is 13.0. The lowest BCUT2D eigenvalue weighted by Gasteiger charge is -2.27. The molecule has 0 heterocycles. The summed E-state index contributed by atoms with van der Waals surface area (Å²) in [6, 6.07) is -4.17. The van der Waals surface area contributed by atoms with E-state index in [1.165, 1.54) is 0 Å². The minimum Gasteiger partial charge on any atom is -0.480 e. The van der Waals surface area contributed by atoms with Crippen LogP contribution in [0.5, 0.6) is 0 Å². The van der Waals surface area contributed by atoms with E-state index in [1.807, 2.05) is 0 Å². The van der Waals surface area contributed by atoms with E-state index in [9.17, 15) is 24.3 Å². The Labute approximate surface area is 229 Å². The highest BCUT2D eigenvalue weighted by molar-refractivity contribution is 5.94. The minimum absolute atomic E-state index is 0.0716. The molecule has 0 aromatic rings. The first kappa shape index (κ1) is 35.3. The maximum absolute atomic E-state index is 13.2. The van der Waals surface area contributed by atoms with Crippen molar-refractivity contribution < 1.29 is 24.3 Å². The summed E-state index contributed by atoms with van der Waals surface area (Å²) in [5.41, 5.74) is 32.7. The number of amides is 3. The van der Waals surface area contributed by atoms with Gasteiger partial charge in [0.25, 0.3) is 0 Å². The number of hydrogen-bond acceptors (Lipinski definition) is 8. The predicted molar refractivity (Wildman–Crippen MR) is 149 cm³/mol. The molecule has 4 atom stereocenters. The lowest BCUT2D eigenvalue weighted by molar-refractivity contribution is -0.142. The van der Waals surface area contributed by atoms with Gasteiger partial charge in [0.2, 0.25) is 17.7 Å². The van der Waals surface area contributed by atoms with Crippen molar-refractivity contribution >= 4 is 35.6 Å². The Morgan fingerprint density at radius 1 is 0.718 bits per heavy atom. The summed E-state index contributed by atoms with van der Waals surface area (Å²) in [5.74, 6) is -3.70. The number of carboxylic acids is 1. The molecule has 0 radical (unpaired) electrons.